The zero-order chi connectivity index (χ0) is 28.2. The first kappa shape index (κ1) is 25.6. The molecule has 3 aromatic carbocycles. The van der Waals surface area contributed by atoms with Gasteiger partial charge in [0.1, 0.15) is 0 Å². The summed E-state index contributed by atoms with van der Waals surface area (Å²) >= 11 is 5.90. The molecule has 4 aromatic rings. The number of carbonyl (C=O) groups excluding carboxylic acids is 4. The second kappa shape index (κ2) is 9.93. The summed E-state index contributed by atoms with van der Waals surface area (Å²) in [5.41, 5.74) is 2.88. The molecule has 1 aromatic heterocycles. The van der Waals surface area contributed by atoms with E-state index in [-0.39, 0.29) is 35.0 Å². The number of pyridine rings is 1. The molecule has 7 nitrogen and oxygen atoms in total. The van der Waals surface area contributed by atoms with Crippen molar-refractivity contribution in [1.29, 1.82) is 0 Å². The molecule has 3 aliphatic rings. The Labute approximate surface area is 241 Å². The van der Waals surface area contributed by atoms with E-state index in [1.807, 2.05) is 12.1 Å². The molecule has 0 spiro atoms. The van der Waals surface area contributed by atoms with Gasteiger partial charge in [0, 0.05) is 21.5 Å². The predicted molar refractivity (Wildman–Crippen MR) is 154 cm³/mol. The lowest BCUT2D eigenvalue weighted by Crippen LogP contribution is -2.32. The number of imide groups is 1. The maximum Gasteiger partial charge on any atom is 0.339 e. The smallest absolute Gasteiger partial charge is 0.339 e. The summed E-state index contributed by atoms with van der Waals surface area (Å²) in [7, 11) is 0. The highest BCUT2D eigenvalue weighted by molar-refractivity contribution is 6.30. The van der Waals surface area contributed by atoms with Crippen LogP contribution >= 0.6 is 11.6 Å². The molecule has 3 fully saturated rings. The minimum atomic E-state index is -0.656. The zero-order valence-electron chi connectivity index (χ0n) is 22.0. The third kappa shape index (κ3) is 4.32. The highest BCUT2D eigenvalue weighted by atomic mass is 35.5. The average Bonchev–Trinajstić information content (AvgIpc) is 3.69. The van der Waals surface area contributed by atoms with E-state index in [0.717, 1.165) is 19.3 Å². The molecular weight excluding hydrogens is 540 g/mol. The Bertz CT molecular complexity index is 1720. The molecule has 1 saturated heterocycles. The monoisotopic (exact) mass is 564 g/mol. The number of aromatic nitrogens is 1. The van der Waals surface area contributed by atoms with E-state index in [2.05, 4.69) is 0 Å². The van der Waals surface area contributed by atoms with E-state index in [1.165, 1.54) is 4.90 Å². The van der Waals surface area contributed by atoms with Crippen LogP contribution in [0.25, 0.3) is 22.2 Å². The first-order chi connectivity index (χ1) is 19.9. The number of nitrogens with zero attached hydrogens (tertiary/aromatic N) is 2. The standard InChI is InChI=1S/C33H25ClN2O5/c34-22-12-10-18(11-13-22)28(37)17-41-33(40)25-16-27(35-26-7-2-1-6-24(25)26)19-4-3-5-23(15-19)36-31(38)29-20-8-9-21(14-20)30(29)32(36)39/h1-7,10-13,15-16,20-21,29-30H,8-9,14,17H2/t20-,21+,29-,30+. The molecule has 2 saturated carbocycles. The van der Waals surface area contributed by atoms with Crippen LogP contribution in [0.2, 0.25) is 5.02 Å². The highest BCUT2D eigenvalue weighted by Crippen LogP contribution is 2.56. The largest absolute Gasteiger partial charge is 0.454 e. The minimum absolute atomic E-state index is 0.106. The summed E-state index contributed by atoms with van der Waals surface area (Å²) in [6, 6.07) is 22.3. The van der Waals surface area contributed by atoms with Crippen molar-refractivity contribution in [2.45, 2.75) is 19.3 Å². The van der Waals surface area contributed by atoms with Crippen molar-refractivity contribution >= 4 is 51.8 Å². The van der Waals surface area contributed by atoms with Crippen molar-refractivity contribution in [2.24, 2.45) is 23.7 Å². The average molecular weight is 565 g/mol. The van der Waals surface area contributed by atoms with Crippen LogP contribution in [0, 0.1) is 23.7 Å². The van der Waals surface area contributed by atoms with Crippen LogP contribution in [0.1, 0.15) is 40.0 Å². The first-order valence-electron chi connectivity index (χ1n) is 13.7. The fourth-order valence-electron chi connectivity index (χ4n) is 6.89. The summed E-state index contributed by atoms with van der Waals surface area (Å²) in [5.74, 6) is -1.03. The fourth-order valence-corrected chi connectivity index (χ4v) is 7.01. The number of benzene rings is 3. The molecule has 1 aliphatic heterocycles. The molecular formula is C33H25ClN2O5. The van der Waals surface area contributed by atoms with E-state index < -0.39 is 12.6 Å². The number of hydrogen-bond donors (Lipinski definition) is 0. The van der Waals surface area contributed by atoms with Crippen LogP contribution < -0.4 is 4.90 Å². The number of rotatable bonds is 6. The minimum Gasteiger partial charge on any atom is -0.454 e. The van der Waals surface area contributed by atoms with Crippen LogP contribution in [-0.2, 0) is 14.3 Å². The Morgan fingerprint density at radius 1 is 0.878 bits per heavy atom. The van der Waals surface area contributed by atoms with Crippen molar-refractivity contribution in [3.63, 3.8) is 0 Å². The molecule has 7 rings (SSSR count). The van der Waals surface area contributed by atoms with Gasteiger partial charge in [-0.15, -0.1) is 0 Å². The first-order valence-corrected chi connectivity index (χ1v) is 14.1. The Morgan fingerprint density at radius 2 is 1.59 bits per heavy atom. The highest BCUT2D eigenvalue weighted by Gasteiger charge is 2.61. The van der Waals surface area contributed by atoms with Crippen molar-refractivity contribution in [1.82, 2.24) is 4.98 Å². The maximum absolute atomic E-state index is 13.4. The third-order valence-corrected chi connectivity index (χ3v) is 9.02. The van der Waals surface area contributed by atoms with Gasteiger partial charge < -0.3 is 4.74 Å². The number of esters is 1. The molecule has 204 valence electrons. The number of Topliss-reactive ketones (excluding diaryl/α,β-unsaturated/α-hetero) is 1. The lowest BCUT2D eigenvalue weighted by atomic mass is 9.81. The third-order valence-electron chi connectivity index (χ3n) is 8.76. The van der Waals surface area contributed by atoms with E-state index in [1.54, 1.807) is 66.7 Å². The Morgan fingerprint density at radius 3 is 2.32 bits per heavy atom. The number of ketones is 1. The van der Waals surface area contributed by atoms with Crippen molar-refractivity contribution in [2.75, 3.05) is 11.5 Å². The molecule has 4 atom stereocenters. The van der Waals surface area contributed by atoms with Gasteiger partial charge in [-0.25, -0.2) is 9.78 Å². The zero-order valence-corrected chi connectivity index (χ0v) is 22.7. The van der Waals surface area contributed by atoms with E-state index in [4.69, 9.17) is 21.3 Å². The summed E-state index contributed by atoms with van der Waals surface area (Å²) in [4.78, 5) is 58.7. The predicted octanol–water partition coefficient (Wildman–Crippen LogP) is 6.13. The molecule has 41 heavy (non-hydrogen) atoms. The summed E-state index contributed by atoms with van der Waals surface area (Å²) in [6.07, 6.45) is 3.01. The van der Waals surface area contributed by atoms with Crippen LogP contribution in [0.4, 0.5) is 5.69 Å². The van der Waals surface area contributed by atoms with Crippen molar-refractivity contribution in [3.05, 3.63) is 95.0 Å². The summed E-state index contributed by atoms with van der Waals surface area (Å²) in [6.45, 7) is -0.425. The van der Waals surface area contributed by atoms with Gasteiger partial charge in [0.15, 0.2) is 12.4 Å². The van der Waals surface area contributed by atoms with Gasteiger partial charge in [-0.05, 0) is 79.6 Å². The second-order valence-electron chi connectivity index (χ2n) is 11.0. The number of carbonyl (C=O) groups is 4. The number of para-hydroxylation sites is 1. The normalized spacial score (nSPS) is 22.8. The summed E-state index contributed by atoms with van der Waals surface area (Å²) in [5, 5.41) is 1.09. The number of halogens is 1. The quantitative estimate of drug-likeness (QED) is 0.159. The molecule has 0 N–H and O–H groups in total. The van der Waals surface area contributed by atoms with Gasteiger partial charge in [-0.2, -0.15) is 0 Å². The number of hydrogen-bond acceptors (Lipinski definition) is 6. The molecule has 2 aliphatic carbocycles. The number of anilines is 1. The molecule has 0 unspecified atom stereocenters. The second-order valence-corrected chi connectivity index (χ2v) is 11.5. The van der Waals surface area contributed by atoms with Gasteiger partial charge in [-0.3, -0.25) is 19.3 Å². The maximum atomic E-state index is 13.4. The fraction of sp³-hybridized carbons (Fsp3) is 0.242. The molecule has 2 heterocycles. The van der Waals surface area contributed by atoms with Crippen LogP contribution in [0.3, 0.4) is 0 Å². The van der Waals surface area contributed by atoms with Crippen LogP contribution in [-0.4, -0.2) is 35.2 Å². The Balaban J connectivity index is 1.19. The Hall–Kier alpha value is -4.36. The molecule has 2 bridgehead atoms. The number of amides is 2. The Kier molecular flexibility index (Phi) is 6.20. The number of fused-ring (bicyclic) bond motifs is 6. The van der Waals surface area contributed by atoms with E-state index in [9.17, 15) is 19.2 Å². The SMILES string of the molecule is O=C(COC(=O)c1cc(-c2cccc(N3C(=O)[C@@H]4[C@@H]5CC[C@@H](C5)[C@@H]4C3=O)c2)nc2ccccc12)c1ccc(Cl)cc1. The van der Waals surface area contributed by atoms with Crippen LogP contribution in [0.15, 0.2) is 78.9 Å². The van der Waals surface area contributed by atoms with Crippen molar-refractivity contribution in [3.8, 4) is 11.3 Å². The summed E-state index contributed by atoms with van der Waals surface area (Å²) < 4.78 is 5.43. The van der Waals surface area contributed by atoms with Gasteiger partial charge in [-0.1, -0.05) is 41.9 Å². The van der Waals surface area contributed by atoms with Gasteiger partial charge in [0.25, 0.3) is 0 Å². The van der Waals surface area contributed by atoms with E-state index in [0.29, 0.717) is 50.3 Å². The van der Waals surface area contributed by atoms with Gasteiger partial charge >= 0.3 is 5.97 Å². The van der Waals surface area contributed by atoms with Crippen LogP contribution in [0.5, 0.6) is 0 Å². The molecule has 0 radical (unpaired) electrons. The molecule has 2 amide bonds. The van der Waals surface area contributed by atoms with Gasteiger partial charge in [0.2, 0.25) is 11.8 Å². The van der Waals surface area contributed by atoms with Gasteiger partial charge in [0.05, 0.1) is 34.3 Å². The number of ether oxygens (including phenoxy) is 1. The lowest BCUT2D eigenvalue weighted by molar-refractivity contribution is -0.123. The molecule has 8 heteroatoms. The topological polar surface area (TPSA) is 93.6 Å². The van der Waals surface area contributed by atoms with Crippen molar-refractivity contribution < 1.29 is 23.9 Å². The lowest BCUT2D eigenvalue weighted by Gasteiger charge is -2.19. The van der Waals surface area contributed by atoms with E-state index >= 15 is 0 Å².